The van der Waals surface area contributed by atoms with Crippen LogP contribution in [-0.4, -0.2) is 4.98 Å². The molecule has 0 aliphatic heterocycles. The van der Waals surface area contributed by atoms with Crippen LogP contribution in [0.25, 0.3) is 0 Å². The van der Waals surface area contributed by atoms with Crippen LogP contribution in [0.3, 0.4) is 0 Å². The molecule has 0 saturated carbocycles. The maximum atomic E-state index is 12.5. The summed E-state index contributed by atoms with van der Waals surface area (Å²) in [6, 6.07) is 0. The van der Waals surface area contributed by atoms with Gasteiger partial charge in [-0.25, -0.2) is 9.37 Å². The second kappa shape index (κ2) is 2.13. The van der Waals surface area contributed by atoms with Crippen LogP contribution in [-0.2, 0) is 0 Å². The molecule has 0 aliphatic carbocycles. The van der Waals surface area contributed by atoms with Crippen molar-refractivity contribution in [1.29, 1.82) is 0 Å². The van der Waals surface area contributed by atoms with E-state index >= 15 is 0 Å². The Morgan fingerprint density at radius 3 is 2.60 bits per heavy atom. The number of hydrogen-bond acceptors (Lipinski definition) is 3. The summed E-state index contributed by atoms with van der Waals surface area (Å²) in [4.78, 5) is 3.56. The van der Waals surface area contributed by atoms with Gasteiger partial charge >= 0.3 is 0 Å². The summed E-state index contributed by atoms with van der Waals surface area (Å²) < 4.78 is 12.5. The Morgan fingerprint density at radius 2 is 2.10 bits per heavy atom. The Hall–Kier alpha value is -1.32. The number of rotatable bonds is 0. The van der Waals surface area contributed by atoms with Crippen LogP contribution < -0.4 is 11.5 Å². The van der Waals surface area contributed by atoms with E-state index in [1.54, 1.807) is 6.92 Å². The van der Waals surface area contributed by atoms with E-state index in [9.17, 15) is 4.39 Å². The highest BCUT2D eigenvalue weighted by Gasteiger charge is 2.03. The van der Waals surface area contributed by atoms with Crippen LogP contribution >= 0.6 is 0 Å². The Labute approximate surface area is 57.9 Å². The van der Waals surface area contributed by atoms with Gasteiger partial charge in [-0.2, -0.15) is 0 Å². The topological polar surface area (TPSA) is 64.9 Å². The highest BCUT2D eigenvalue weighted by Crippen LogP contribution is 2.17. The Morgan fingerprint density at radius 1 is 1.50 bits per heavy atom. The molecule has 1 aromatic heterocycles. The lowest BCUT2D eigenvalue weighted by Gasteiger charge is -2.01. The molecule has 0 aliphatic rings. The molecule has 0 spiro atoms. The van der Waals surface area contributed by atoms with Crippen molar-refractivity contribution in [2.45, 2.75) is 6.92 Å². The second-order valence-corrected chi connectivity index (χ2v) is 2.03. The third-order valence-corrected chi connectivity index (χ3v) is 1.36. The van der Waals surface area contributed by atoms with Gasteiger partial charge in [-0.15, -0.1) is 0 Å². The van der Waals surface area contributed by atoms with Gasteiger partial charge in [0.25, 0.3) is 0 Å². The molecule has 10 heavy (non-hydrogen) atoms. The fourth-order valence-electron chi connectivity index (χ4n) is 0.610. The lowest BCUT2D eigenvalue weighted by molar-refractivity contribution is 0.625. The molecular weight excluding hydrogens is 133 g/mol. The quantitative estimate of drug-likeness (QED) is 0.558. The number of nitrogens with two attached hydrogens (primary N) is 2. The van der Waals surface area contributed by atoms with Crippen LogP contribution in [0.4, 0.5) is 15.9 Å². The van der Waals surface area contributed by atoms with E-state index < -0.39 is 5.82 Å². The average Bonchev–Trinajstić information content (AvgIpc) is 1.93. The van der Waals surface area contributed by atoms with Gasteiger partial charge in [-0.1, -0.05) is 0 Å². The molecule has 0 aromatic carbocycles. The third kappa shape index (κ3) is 0.877. The van der Waals surface area contributed by atoms with Crippen molar-refractivity contribution < 1.29 is 4.39 Å². The molecule has 0 amide bonds. The van der Waals surface area contributed by atoms with Gasteiger partial charge in [-0.3, -0.25) is 0 Å². The van der Waals surface area contributed by atoms with Crippen LogP contribution in [0.1, 0.15) is 5.56 Å². The summed E-state index contributed by atoms with van der Waals surface area (Å²) in [5.74, 6) is -0.245. The number of halogens is 1. The van der Waals surface area contributed by atoms with E-state index in [1.165, 1.54) is 0 Å². The van der Waals surface area contributed by atoms with Crippen molar-refractivity contribution in [1.82, 2.24) is 4.98 Å². The molecular formula is C6H8FN3. The number of aromatic nitrogens is 1. The molecule has 1 heterocycles. The molecule has 0 saturated heterocycles. The lowest BCUT2D eigenvalue weighted by atomic mass is 10.2. The van der Waals surface area contributed by atoms with E-state index in [2.05, 4.69) is 4.98 Å². The summed E-state index contributed by atoms with van der Waals surface area (Å²) in [6.45, 7) is 1.63. The van der Waals surface area contributed by atoms with E-state index in [1.807, 2.05) is 0 Å². The standard InChI is InChI=1S/C6H8FN3/c1-3-5(8)4(7)2-10-6(3)9/h2H,1H3,(H4,8,9,10). The number of nitrogens with zero attached hydrogens (tertiary/aromatic N) is 1. The number of nitrogen functional groups attached to an aromatic ring is 2. The second-order valence-electron chi connectivity index (χ2n) is 2.03. The lowest BCUT2D eigenvalue weighted by Crippen LogP contribution is -2.01. The van der Waals surface area contributed by atoms with Crippen molar-refractivity contribution in [2.24, 2.45) is 0 Å². The van der Waals surface area contributed by atoms with Crippen molar-refractivity contribution >= 4 is 11.5 Å². The van der Waals surface area contributed by atoms with Crippen LogP contribution in [0.5, 0.6) is 0 Å². The highest BCUT2D eigenvalue weighted by molar-refractivity contribution is 5.56. The highest BCUT2D eigenvalue weighted by atomic mass is 19.1. The minimum absolute atomic E-state index is 0.0764. The van der Waals surface area contributed by atoms with Crippen molar-refractivity contribution in [3.63, 3.8) is 0 Å². The number of hydrogen-bond donors (Lipinski definition) is 2. The molecule has 0 atom stereocenters. The molecule has 1 aromatic rings. The Bertz CT molecular complexity index is 232. The zero-order chi connectivity index (χ0) is 7.72. The molecule has 4 N–H and O–H groups in total. The minimum atomic E-state index is -0.522. The Balaban J connectivity index is 3.34. The summed E-state index contributed by atoms with van der Waals surface area (Å²) in [5, 5.41) is 0. The van der Waals surface area contributed by atoms with Gasteiger partial charge < -0.3 is 11.5 Å². The monoisotopic (exact) mass is 141 g/mol. The number of anilines is 2. The van der Waals surface area contributed by atoms with Gasteiger partial charge in [0.05, 0.1) is 11.9 Å². The third-order valence-electron chi connectivity index (χ3n) is 1.36. The van der Waals surface area contributed by atoms with Crippen LogP contribution in [0, 0.1) is 12.7 Å². The largest absolute Gasteiger partial charge is 0.396 e. The average molecular weight is 141 g/mol. The first-order valence-corrected chi connectivity index (χ1v) is 2.79. The molecule has 0 fully saturated rings. The minimum Gasteiger partial charge on any atom is -0.396 e. The maximum Gasteiger partial charge on any atom is 0.164 e. The van der Waals surface area contributed by atoms with Gasteiger partial charge in [0.2, 0.25) is 0 Å². The molecule has 1 rings (SSSR count). The maximum absolute atomic E-state index is 12.5. The summed E-state index contributed by atoms with van der Waals surface area (Å²) in [7, 11) is 0. The zero-order valence-corrected chi connectivity index (χ0v) is 5.56. The van der Waals surface area contributed by atoms with Crippen molar-refractivity contribution in [3.8, 4) is 0 Å². The zero-order valence-electron chi connectivity index (χ0n) is 5.56. The first-order chi connectivity index (χ1) is 4.63. The molecule has 4 heteroatoms. The van der Waals surface area contributed by atoms with Gasteiger partial charge in [0.15, 0.2) is 5.82 Å². The molecule has 3 nitrogen and oxygen atoms in total. The fraction of sp³-hybridized carbons (Fsp3) is 0.167. The van der Waals surface area contributed by atoms with Gasteiger partial charge in [0.1, 0.15) is 5.82 Å². The first kappa shape index (κ1) is 6.80. The molecule has 54 valence electrons. The van der Waals surface area contributed by atoms with Gasteiger partial charge in [0, 0.05) is 5.56 Å². The first-order valence-electron chi connectivity index (χ1n) is 2.79. The van der Waals surface area contributed by atoms with E-state index in [0.717, 1.165) is 6.20 Å². The molecule has 0 radical (unpaired) electrons. The summed E-state index contributed by atoms with van der Waals surface area (Å²) >= 11 is 0. The van der Waals surface area contributed by atoms with E-state index in [-0.39, 0.29) is 11.5 Å². The number of pyridine rings is 1. The fourth-order valence-corrected chi connectivity index (χ4v) is 0.610. The van der Waals surface area contributed by atoms with E-state index in [4.69, 9.17) is 11.5 Å². The normalized spacial score (nSPS) is 9.80. The molecule has 0 bridgehead atoms. The van der Waals surface area contributed by atoms with Crippen LogP contribution in [0.15, 0.2) is 6.20 Å². The van der Waals surface area contributed by atoms with Crippen molar-refractivity contribution in [3.05, 3.63) is 17.6 Å². The summed E-state index contributed by atoms with van der Waals surface area (Å²) in [6.07, 6.45) is 1.01. The smallest absolute Gasteiger partial charge is 0.164 e. The Kier molecular flexibility index (Phi) is 1.45. The SMILES string of the molecule is Cc1c(N)ncc(F)c1N. The van der Waals surface area contributed by atoms with Gasteiger partial charge in [-0.05, 0) is 6.92 Å². The predicted molar refractivity (Wildman–Crippen MR) is 37.8 cm³/mol. The summed E-state index contributed by atoms with van der Waals surface area (Å²) in [5.41, 5.74) is 11.2. The predicted octanol–water partition coefficient (Wildman–Crippen LogP) is 0.694. The van der Waals surface area contributed by atoms with Crippen molar-refractivity contribution in [2.75, 3.05) is 11.5 Å². The van der Waals surface area contributed by atoms with Crippen LogP contribution in [0.2, 0.25) is 0 Å². The molecule has 0 unspecified atom stereocenters. The van der Waals surface area contributed by atoms with E-state index in [0.29, 0.717) is 5.56 Å².